The molecule has 0 aliphatic rings. The monoisotopic (exact) mass is 282 g/mol. The third kappa shape index (κ3) is 4.93. The van der Waals surface area contributed by atoms with Gasteiger partial charge in [-0.2, -0.15) is 13.2 Å². The molecule has 0 N–H and O–H groups in total. The lowest BCUT2D eigenvalue weighted by molar-refractivity contribution is -0.137. The first-order valence-corrected chi connectivity index (χ1v) is 9.47. The van der Waals surface area contributed by atoms with Crippen LogP contribution in [0.3, 0.4) is 0 Å². The summed E-state index contributed by atoms with van der Waals surface area (Å²) >= 11 is 0. The zero-order valence-electron chi connectivity index (χ0n) is 11.3. The molecule has 1 rings (SSSR count). The Morgan fingerprint density at radius 2 is 1.89 bits per heavy atom. The molecule has 0 bridgehead atoms. The van der Waals surface area contributed by atoms with Crippen molar-refractivity contribution in [3.8, 4) is 0 Å². The smallest absolute Gasteiger partial charge is 0.166 e. The van der Waals surface area contributed by atoms with E-state index in [0.717, 1.165) is 11.6 Å². The second-order valence-electron chi connectivity index (χ2n) is 5.39. The number of hydrogen-bond donors (Lipinski definition) is 0. The highest BCUT2D eigenvalue weighted by molar-refractivity contribution is 6.81. The van der Waals surface area contributed by atoms with Crippen LogP contribution in [0.4, 0.5) is 13.2 Å². The Kier molecular flexibility index (Phi) is 4.61. The minimum Gasteiger partial charge on any atom is -0.166 e. The molecule has 102 valence electrons. The third-order valence-electron chi connectivity index (χ3n) is 2.37. The Morgan fingerprint density at radius 1 is 1.26 bits per heavy atom. The maximum Gasteiger partial charge on any atom is 0.416 e. The van der Waals surface area contributed by atoms with Crippen molar-refractivity contribution in [2.24, 2.45) is 0 Å². The molecule has 0 aliphatic carbocycles. The molecule has 0 aliphatic heterocycles. The molecule has 0 amide bonds. The summed E-state index contributed by atoms with van der Waals surface area (Å²) in [6.45, 7) is 9.87. The van der Waals surface area contributed by atoms with Gasteiger partial charge in [0.1, 0.15) is 0 Å². The predicted octanol–water partition coefficient (Wildman–Crippen LogP) is 5.31. The third-order valence-corrected chi connectivity index (χ3v) is 3.55. The summed E-state index contributed by atoms with van der Waals surface area (Å²) in [7, 11) is -1.55. The Morgan fingerprint density at radius 3 is 2.37 bits per heavy atom. The van der Waals surface area contributed by atoms with E-state index in [1.807, 2.05) is 5.70 Å². The van der Waals surface area contributed by atoms with Gasteiger partial charge in [-0.05, 0) is 29.3 Å². The summed E-state index contributed by atoms with van der Waals surface area (Å²) in [4.78, 5) is 0. The van der Waals surface area contributed by atoms with E-state index in [0.29, 0.717) is 5.56 Å². The standard InChI is InChI=1S/C15H17F3Si/c1-5-7-13(11-19(2,3)4)12-8-6-9-14(10-12)15(16,17)18/h6-11H,1H2,2-4H3/b13-11+. The second kappa shape index (κ2) is 5.64. The number of benzene rings is 1. The first-order valence-electron chi connectivity index (χ1n) is 5.90. The molecule has 19 heavy (non-hydrogen) atoms. The normalized spacial score (nSPS) is 13.1. The highest BCUT2D eigenvalue weighted by Gasteiger charge is 2.30. The van der Waals surface area contributed by atoms with Gasteiger partial charge in [0.15, 0.2) is 0 Å². The fourth-order valence-corrected chi connectivity index (χ4v) is 2.84. The van der Waals surface area contributed by atoms with Crippen molar-refractivity contribution < 1.29 is 13.2 Å². The molecule has 0 unspecified atom stereocenters. The zero-order chi connectivity index (χ0) is 14.7. The molecule has 0 saturated carbocycles. The molecular formula is C15H17F3Si. The molecule has 0 saturated heterocycles. The highest BCUT2D eigenvalue weighted by Crippen LogP contribution is 2.31. The van der Waals surface area contributed by atoms with Crippen LogP contribution in [0.1, 0.15) is 11.1 Å². The first-order chi connectivity index (χ1) is 8.63. The van der Waals surface area contributed by atoms with E-state index in [1.54, 1.807) is 12.1 Å². The predicted molar refractivity (Wildman–Crippen MR) is 76.5 cm³/mol. The van der Waals surface area contributed by atoms with E-state index < -0.39 is 19.8 Å². The minimum atomic E-state index is -4.32. The van der Waals surface area contributed by atoms with Crippen LogP contribution in [-0.2, 0) is 6.18 Å². The summed E-state index contributed by atoms with van der Waals surface area (Å²) in [6, 6.07) is 5.34. The summed E-state index contributed by atoms with van der Waals surface area (Å²) in [6.07, 6.45) is -2.69. The van der Waals surface area contributed by atoms with Crippen LogP contribution in [0.5, 0.6) is 0 Å². The maximum atomic E-state index is 12.7. The number of allylic oxidation sites excluding steroid dienone is 2. The van der Waals surface area contributed by atoms with E-state index >= 15 is 0 Å². The maximum absolute atomic E-state index is 12.7. The molecule has 0 nitrogen and oxygen atoms in total. The lowest BCUT2D eigenvalue weighted by Crippen LogP contribution is -2.16. The first kappa shape index (κ1) is 15.5. The highest BCUT2D eigenvalue weighted by atomic mass is 28.3. The molecular weight excluding hydrogens is 265 g/mol. The fourth-order valence-electron chi connectivity index (χ4n) is 1.66. The SMILES string of the molecule is C=C=C/C(=C\[Si](C)(C)C)c1cccc(C(F)(F)F)c1. The number of alkyl halides is 3. The molecule has 0 fully saturated rings. The quantitative estimate of drug-likeness (QED) is 0.400. The van der Waals surface area contributed by atoms with E-state index in [9.17, 15) is 13.2 Å². The average Bonchev–Trinajstić information content (AvgIpc) is 2.26. The summed E-state index contributed by atoms with van der Waals surface area (Å²) in [5, 5.41) is 0. The Labute approximate surface area is 113 Å². The van der Waals surface area contributed by atoms with Crippen molar-refractivity contribution in [3.05, 3.63) is 59.5 Å². The van der Waals surface area contributed by atoms with Crippen LogP contribution in [0, 0.1) is 0 Å². The summed E-state index contributed by atoms with van der Waals surface area (Å²) in [5.41, 5.74) is 5.35. The van der Waals surface area contributed by atoms with Gasteiger partial charge in [-0.1, -0.05) is 44.1 Å². The molecule has 0 aromatic heterocycles. The molecule has 0 radical (unpaired) electrons. The average molecular weight is 282 g/mol. The van der Waals surface area contributed by atoms with Crippen LogP contribution < -0.4 is 0 Å². The zero-order valence-corrected chi connectivity index (χ0v) is 12.3. The molecule has 0 spiro atoms. The lowest BCUT2D eigenvalue weighted by atomic mass is 10.0. The second-order valence-corrected chi connectivity index (χ2v) is 10.4. The number of halogens is 3. The van der Waals surface area contributed by atoms with Crippen molar-refractivity contribution in [2.45, 2.75) is 25.8 Å². The van der Waals surface area contributed by atoms with Gasteiger partial charge in [0.25, 0.3) is 0 Å². The molecule has 0 atom stereocenters. The lowest BCUT2D eigenvalue weighted by Gasteiger charge is -2.14. The van der Waals surface area contributed by atoms with Crippen molar-refractivity contribution in [3.63, 3.8) is 0 Å². The molecule has 4 heteroatoms. The van der Waals surface area contributed by atoms with Gasteiger partial charge in [0.05, 0.1) is 13.6 Å². The molecule has 1 aromatic rings. The Hall–Kier alpha value is -1.51. The van der Waals surface area contributed by atoms with Crippen LogP contribution in [0.2, 0.25) is 19.6 Å². The van der Waals surface area contributed by atoms with Crippen molar-refractivity contribution >= 4 is 13.6 Å². The number of hydrogen-bond acceptors (Lipinski definition) is 0. The summed E-state index contributed by atoms with van der Waals surface area (Å²) < 4.78 is 38.1. The molecule has 1 aromatic carbocycles. The topological polar surface area (TPSA) is 0 Å². The van der Waals surface area contributed by atoms with E-state index in [-0.39, 0.29) is 0 Å². The van der Waals surface area contributed by atoms with Crippen molar-refractivity contribution in [2.75, 3.05) is 0 Å². The van der Waals surface area contributed by atoms with E-state index in [4.69, 9.17) is 0 Å². The fraction of sp³-hybridized carbons (Fsp3) is 0.267. The Bertz CT molecular complexity index is 527. The van der Waals surface area contributed by atoms with Crippen LogP contribution >= 0.6 is 0 Å². The van der Waals surface area contributed by atoms with Gasteiger partial charge in [-0.15, -0.1) is 5.73 Å². The van der Waals surface area contributed by atoms with Gasteiger partial charge in [0.2, 0.25) is 0 Å². The van der Waals surface area contributed by atoms with Gasteiger partial charge in [0, 0.05) is 0 Å². The van der Waals surface area contributed by atoms with Gasteiger partial charge in [-0.3, -0.25) is 0 Å². The van der Waals surface area contributed by atoms with Gasteiger partial charge in [-0.25, -0.2) is 0 Å². The van der Waals surface area contributed by atoms with Crippen molar-refractivity contribution in [1.29, 1.82) is 0 Å². The largest absolute Gasteiger partial charge is 0.416 e. The van der Waals surface area contributed by atoms with E-state index in [2.05, 4.69) is 32.0 Å². The van der Waals surface area contributed by atoms with Crippen LogP contribution in [-0.4, -0.2) is 8.07 Å². The van der Waals surface area contributed by atoms with Crippen LogP contribution in [0.25, 0.3) is 5.57 Å². The molecule has 0 heterocycles. The van der Waals surface area contributed by atoms with E-state index in [1.165, 1.54) is 12.1 Å². The number of rotatable bonds is 3. The van der Waals surface area contributed by atoms with Crippen molar-refractivity contribution in [1.82, 2.24) is 0 Å². The van der Waals surface area contributed by atoms with Gasteiger partial charge >= 0.3 is 6.18 Å². The summed E-state index contributed by atoms with van der Waals surface area (Å²) in [5.74, 6) is 0. The Balaban J connectivity index is 3.33. The van der Waals surface area contributed by atoms with Gasteiger partial charge < -0.3 is 0 Å². The van der Waals surface area contributed by atoms with Crippen LogP contribution in [0.15, 0.2) is 48.4 Å². The minimum absolute atomic E-state index is 0.549.